The highest BCUT2D eigenvalue weighted by molar-refractivity contribution is 6.33. The molecule has 0 spiro atoms. The first-order valence-corrected chi connectivity index (χ1v) is 12.3. The number of nitrogens with one attached hydrogen (secondary N) is 3. The number of carbonyl (C=O) groups excluding carboxylic acids is 2. The van der Waals surface area contributed by atoms with E-state index in [1.54, 1.807) is 35.2 Å². The number of aliphatic hydroxyl groups is 1. The van der Waals surface area contributed by atoms with Crippen molar-refractivity contribution in [2.75, 3.05) is 42.3 Å². The number of anilines is 3. The van der Waals surface area contributed by atoms with E-state index in [2.05, 4.69) is 16.0 Å². The van der Waals surface area contributed by atoms with Crippen LogP contribution >= 0.6 is 11.6 Å². The molecule has 0 aromatic heterocycles. The molecule has 0 unspecified atom stereocenters. The highest BCUT2D eigenvalue weighted by Crippen LogP contribution is 2.28. The Labute approximate surface area is 220 Å². The van der Waals surface area contributed by atoms with Crippen molar-refractivity contribution < 1.29 is 24.2 Å². The third-order valence-electron chi connectivity index (χ3n) is 5.71. The summed E-state index contributed by atoms with van der Waals surface area (Å²) in [5.74, 6) is 1.20. The summed E-state index contributed by atoms with van der Waals surface area (Å²) in [5, 5.41) is 17.7. The molecule has 0 fully saturated rings. The maximum atomic E-state index is 12.9. The molecule has 4 N–H and O–H groups in total. The van der Waals surface area contributed by atoms with Gasteiger partial charge in [0.2, 0.25) is 0 Å². The minimum atomic E-state index is -0.352. The summed E-state index contributed by atoms with van der Waals surface area (Å²) in [5.41, 5.74) is 3.87. The van der Waals surface area contributed by atoms with Gasteiger partial charge in [-0.2, -0.15) is 0 Å². The maximum Gasteiger partial charge on any atom is 0.323 e. The molecule has 0 radical (unpaired) electrons. The largest absolute Gasteiger partial charge is 0.494 e. The van der Waals surface area contributed by atoms with Crippen molar-refractivity contribution in [1.82, 2.24) is 4.90 Å². The summed E-state index contributed by atoms with van der Waals surface area (Å²) in [6.45, 7) is 3.48. The predicted molar refractivity (Wildman–Crippen MR) is 144 cm³/mol. The minimum Gasteiger partial charge on any atom is -0.494 e. The number of urea groups is 2. The molecule has 194 valence electrons. The summed E-state index contributed by atoms with van der Waals surface area (Å²) in [6, 6.07) is 17.2. The van der Waals surface area contributed by atoms with Gasteiger partial charge < -0.3 is 35.4 Å². The van der Waals surface area contributed by atoms with Crippen LogP contribution in [0.1, 0.15) is 18.1 Å². The summed E-state index contributed by atoms with van der Waals surface area (Å²) in [6.07, 6.45) is 0.651. The second-order valence-corrected chi connectivity index (χ2v) is 8.75. The second kappa shape index (κ2) is 12.3. The molecule has 0 saturated carbocycles. The topological polar surface area (TPSA) is 112 Å². The lowest BCUT2D eigenvalue weighted by Gasteiger charge is -2.29. The average molecular weight is 525 g/mol. The van der Waals surface area contributed by atoms with Crippen LogP contribution in [0.3, 0.4) is 0 Å². The van der Waals surface area contributed by atoms with E-state index in [9.17, 15) is 9.59 Å². The fraction of sp³-hybridized carbons (Fsp3) is 0.259. The quantitative estimate of drug-likeness (QED) is 0.317. The number of fused-ring (bicyclic) bond motifs is 1. The normalized spacial score (nSPS) is 12.4. The lowest BCUT2D eigenvalue weighted by atomic mass is 9.99. The van der Waals surface area contributed by atoms with E-state index in [1.807, 2.05) is 37.3 Å². The number of nitrogens with zero attached hydrogens (tertiary/aromatic N) is 1. The third-order valence-corrected chi connectivity index (χ3v) is 6.02. The molecule has 3 aromatic rings. The lowest BCUT2D eigenvalue weighted by molar-refractivity contribution is 0.201. The highest BCUT2D eigenvalue weighted by atomic mass is 35.5. The molecular formula is C27H29ClN4O5. The van der Waals surface area contributed by atoms with Gasteiger partial charge in [0.25, 0.3) is 0 Å². The fourth-order valence-electron chi connectivity index (χ4n) is 3.97. The molecule has 0 aliphatic carbocycles. The first-order valence-electron chi connectivity index (χ1n) is 12.0. The Hall–Kier alpha value is -3.95. The van der Waals surface area contributed by atoms with Crippen LogP contribution in [0.15, 0.2) is 60.7 Å². The van der Waals surface area contributed by atoms with Gasteiger partial charge in [0.15, 0.2) is 0 Å². The third kappa shape index (κ3) is 7.05. The number of amides is 4. The van der Waals surface area contributed by atoms with Gasteiger partial charge in [0, 0.05) is 36.6 Å². The van der Waals surface area contributed by atoms with E-state index in [0.717, 1.165) is 11.1 Å². The van der Waals surface area contributed by atoms with Crippen molar-refractivity contribution in [1.29, 1.82) is 0 Å². The molecule has 10 heteroatoms. The van der Waals surface area contributed by atoms with Crippen LogP contribution in [-0.2, 0) is 13.0 Å². The van der Waals surface area contributed by atoms with E-state index < -0.39 is 0 Å². The zero-order valence-corrected chi connectivity index (χ0v) is 21.2. The van der Waals surface area contributed by atoms with Gasteiger partial charge >= 0.3 is 12.1 Å². The van der Waals surface area contributed by atoms with Crippen LogP contribution in [0, 0.1) is 0 Å². The van der Waals surface area contributed by atoms with Gasteiger partial charge in [-0.3, -0.25) is 0 Å². The lowest BCUT2D eigenvalue weighted by Crippen LogP contribution is -2.39. The molecule has 1 aliphatic heterocycles. The minimum absolute atomic E-state index is 0.0965. The Morgan fingerprint density at radius 2 is 1.73 bits per heavy atom. The molecule has 0 bridgehead atoms. The van der Waals surface area contributed by atoms with Crippen molar-refractivity contribution in [2.45, 2.75) is 19.9 Å². The molecule has 9 nitrogen and oxygen atoms in total. The second-order valence-electron chi connectivity index (χ2n) is 8.34. The van der Waals surface area contributed by atoms with Gasteiger partial charge in [-0.05, 0) is 60.9 Å². The van der Waals surface area contributed by atoms with Crippen molar-refractivity contribution >= 4 is 40.7 Å². The zero-order chi connectivity index (χ0) is 26.2. The standard InChI is InChI=1S/C27H29ClN4O5/c1-2-36-22-5-3-4-20(15-22)29-26(34)30-21-7-6-19-17-32(11-10-18(19)14-21)27(35)31-25-9-8-23(16-24(25)28)37-13-12-33/h3-9,14-16,33H,2,10-13,17H2,1H3,(H,31,35)(H2,29,30,34). The van der Waals surface area contributed by atoms with Gasteiger partial charge in [-0.15, -0.1) is 0 Å². The van der Waals surface area contributed by atoms with Crippen LogP contribution in [0.2, 0.25) is 5.02 Å². The number of hydrogen-bond acceptors (Lipinski definition) is 5. The van der Waals surface area contributed by atoms with E-state index in [0.29, 0.717) is 59.7 Å². The Balaban J connectivity index is 1.33. The van der Waals surface area contributed by atoms with Crippen LogP contribution in [0.25, 0.3) is 0 Å². The number of hydrogen-bond donors (Lipinski definition) is 4. The smallest absolute Gasteiger partial charge is 0.323 e. The molecule has 0 saturated heterocycles. The molecule has 4 rings (SSSR count). The summed E-state index contributed by atoms with van der Waals surface area (Å²) in [4.78, 5) is 27.0. The predicted octanol–water partition coefficient (Wildman–Crippen LogP) is 5.34. The summed E-state index contributed by atoms with van der Waals surface area (Å²) < 4.78 is 10.8. The molecule has 1 heterocycles. The van der Waals surface area contributed by atoms with Gasteiger partial charge in [0.1, 0.15) is 18.1 Å². The molecule has 3 aromatic carbocycles. The van der Waals surface area contributed by atoms with Crippen molar-refractivity contribution in [3.63, 3.8) is 0 Å². The molecule has 1 aliphatic rings. The van der Waals surface area contributed by atoms with Crippen molar-refractivity contribution in [3.8, 4) is 11.5 Å². The number of aliphatic hydroxyl groups excluding tert-OH is 1. The van der Waals surface area contributed by atoms with Crippen molar-refractivity contribution in [3.05, 3.63) is 76.8 Å². The summed E-state index contributed by atoms with van der Waals surface area (Å²) >= 11 is 6.28. The van der Waals surface area contributed by atoms with Crippen LogP contribution in [0.5, 0.6) is 11.5 Å². The Morgan fingerprint density at radius 3 is 2.49 bits per heavy atom. The van der Waals surface area contributed by atoms with Crippen LogP contribution in [-0.4, -0.2) is 48.4 Å². The van der Waals surface area contributed by atoms with Crippen molar-refractivity contribution in [2.24, 2.45) is 0 Å². The number of benzene rings is 3. The average Bonchev–Trinajstić information content (AvgIpc) is 2.89. The van der Waals surface area contributed by atoms with E-state index in [-0.39, 0.29) is 25.3 Å². The molecule has 0 atom stereocenters. The van der Waals surface area contributed by atoms with Crippen LogP contribution < -0.4 is 25.4 Å². The first kappa shape index (κ1) is 26.1. The fourth-order valence-corrected chi connectivity index (χ4v) is 4.19. The Morgan fingerprint density at radius 1 is 0.946 bits per heavy atom. The number of halogens is 1. The van der Waals surface area contributed by atoms with E-state index >= 15 is 0 Å². The Bertz CT molecular complexity index is 1270. The van der Waals surface area contributed by atoms with Gasteiger partial charge in [-0.1, -0.05) is 23.7 Å². The zero-order valence-electron chi connectivity index (χ0n) is 20.4. The van der Waals surface area contributed by atoms with Gasteiger partial charge in [0.05, 0.1) is 23.9 Å². The molecule has 4 amide bonds. The van der Waals surface area contributed by atoms with E-state index in [1.165, 1.54) is 0 Å². The number of carbonyl (C=O) groups is 2. The monoisotopic (exact) mass is 524 g/mol. The van der Waals surface area contributed by atoms with E-state index in [4.69, 9.17) is 26.2 Å². The highest BCUT2D eigenvalue weighted by Gasteiger charge is 2.22. The number of ether oxygens (including phenoxy) is 2. The molecular weight excluding hydrogens is 496 g/mol. The van der Waals surface area contributed by atoms with Crippen LogP contribution in [0.4, 0.5) is 26.7 Å². The number of rotatable bonds is 8. The molecule has 37 heavy (non-hydrogen) atoms. The Kier molecular flexibility index (Phi) is 8.71. The first-order chi connectivity index (χ1) is 17.9. The SMILES string of the molecule is CCOc1cccc(NC(=O)Nc2ccc3c(c2)CCN(C(=O)Nc2ccc(OCCO)cc2Cl)C3)c1. The maximum absolute atomic E-state index is 12.9. The van der Waals surface area contributed by atoms with Gasteiger partial charge in [-0.25, -0.2) is 9.59 Å². The summed E-state index contributed by atoms with van der Waals surface area (Å²) in [7, 11) is 0.